The molecule has 1 unspecified atom stereocenters. The lowest BCUT2D eigenvalue weighted by Crippen LogP contribution is -2.20. The highest BCUT2D eigenvalue weighted by Crippen LogP contribution is 2.39. The Balaban J connectivity index is 1.52. The van der Waals surface area contributed by atoms with Crippen molar-refractivity contribution in [1.82, 2.24) is 10.3 Å². The average molecular weight is 610 g/mol. The molecule has 4 rings (SSSR count). The monoisotopic (exact) mass is 607 g/mol. The topological polar surface area (TPSA) is 80.3 Å². The van der Waals surface area contributed by atoms with Gasteiger partial charge in [-0.1, -0.05) is 52.6 Å². The highest BCUT2D eigenvalue weighted by atomic mass is 79.9. The van der Waals surface area contributed by atoms with Crippen LogP contribution in [-0.2, 0) is 10.0 Å². The van der Waals surface area contributed by atoms with Crippen LogP contribution >= 0.6 is 62.5 Å². The van der Waals surface area contributed by atoms with E-state index in [4.69, 9.17) is 39.5 Å². The average Bonchev–Trinajstić information content (AvgIpc) is 3.28. The Morgan fingerprint density at radius 1 is 1.15 bits per heavy atom. The molecule has 0 spiro atoms. The first kappa shape index (κ1) is 24.9. The minimum Gasteiger partial charge on any atom is -0.487 e. The van der Waals surface area contributed by atoms with Gasteiger partial charge in [0.1, 0.15) is 21.8 Å². The van der Waals surface area contributed by atoms with E-state index in [1.807, 2.05) is 0 Å². The van der Waals surface area contributed by atoms with Crippen LogP contribution < -0.4 is 14.8 Å². The van der Waals surface area contributed by atoms with E-state index in [0.29, 0.717) is 40.9 Å². The van der Waals surface area contributed by atoms with Crippen LogP contribution in [0.5, 0.6) is 5.75 Å². The van der Waals surface area contributed by atoms with Gasteiger partial charge in [-0.25, -0.2) is 13.4 Å². The molecule has 33 heavy (non-hydrogen) atoms. The van der Waals surface area contributed by atoms with Crippen LogP contribution in [0.1, 0.15) is 6.42 Å². The fraction of sp³-hybridized carbons (Fsp3) is 0.190. The van der Waals surface area contributed by atoms with Gasteiger partial charge in [0, 0.05) is 23.7 Å². The first-order chi connectivity index (χ1) is 15.7. The first-order valence-corrected chi connectivity index (χ1v) is 13.9. The normalized spacial score (nSPS) is 16.1. The van der Waals surface area contributed by atoms with Crippen LogP contribution in [-0.4, -0.2) is 32.6 Å². The number of sulfonamides is 1. The predicted octanol–water partition coefficient (Wildman–Crippen LogP) is 6.50. The van der Waals surface area contributed by atoms with E-state index in [2.05, 4.69) is 31.0 Å². The molecule has 0 radical (unpaired) electrons. The van der Waals surface area contributed by atoms with E-state index in [1.54, 1.807) is 36.4 Å². The highest BCUT2D eigenvalue weighted by molar-refractivity contribution is 9.10. The summed E-state index contributed by atoms with van der Waals surface area (Å²) in [6, 6.07) is 11.5. The van der Waals surface area contributed by atoms with Gasteiger partial charge < -0.3 is 10.1 Å². The first-order valence-electron chi connectivity index (χ1n) is 9.70. The standard InChI is InChI=1S/C21H17BrCl3N3O3S2/c22-15-9-14(11-27-21(15)32-19-3-1-2-17(24)20(19)25)33(29,30)28-12-4-5-16(23)18(8-12)31-13-6-7-26-10-13/h1-5,8-9,11,13,26,28H,6-7,10H2. The van der Waals surface area contributed by atoms with Crippen LogP contribution in [0.4, 0.5) is 5.69 Å². The van der Waals surface area contributed by atoms with E-state index in [-0.39, 0.29) is 11.0 Å². The van der Waals surface area contributed by atoms with Gasteiger partial charge in [-0.15, -0.1) is 0 Å². The summed E-state index contributed by atoms with van der Waals surface area (Å²) in [5.74, 6) is 0.426. The molecule has 1 saturated heterocycles. The molecule has 0 amide bonds. The Morgan fingerprint density at radius 2 is 1.97 bits per heavy atom. The van der Waals surface area contributed by atoms with Crippen LogP contribution in [0, 0.1) is 0 Å². The molecule has 1 aromatic heterocycles. The van der Waals surface area contributed by atoms with E-state index in [0.717, 1.165) is 19.5 Å². The lowest BCUT2D eigenvalue weighted by Gasteiger charge is -2.16. The van der Waals surface area contributed by atoms with Gasteiger partial charge in [-0.3, -0.25) is 4.72 Å². The molecule has 0 saturated carbocycles. The summed E-state index contributed by atoms with van der Waals surface area (Å²) in [6.45, 7) is 1.59. The van der Waals surface area contributed by atoms with Crippen molar-refractivity contribution in [2.45, 2.75) is 27.3 Å². The van der Waals surface area contributed by atoms with Crippen LogP contribution in [0.2, 0.25) is 15.1 Å². The molecule has 1 atom stereocenters. The van der Waals surface area contributed by atoms with Crippen LogP contribution in [0.15, 0.2) is 68.0 Å². The number of rotatable bonds is 7. The second kappa shape index (κ2) is 10.6. The van der Waals surface area contributed by atoms with E-state index < -0.39 is 10.0 Å². The van der Waals surface area contributed by atoms with Crippen LogP contribution in [0.25, 0.3) is 0 Å². The summed E-state index contributed by atoms with van der Waals surface area (Å²) in [6.07, 6.45) is 2.13. The Bertz CT molecular complexity index is 1290. The van der Waals surface area contributed by atoms with Crippen molar-refractivity contribution in [2.75, 3.05) is 17.8 Å². The zero-order valence-electron chi connectivity index (χ0n) is 16.8. The summed E-state index contributed by atoms with van der Waals surface area (Å²) in [7, 11) is -3.91. The van der Waals surface area contributed by atoms with Gasteiger partial charge in [0.2, 0.25) is 0 Å². The molecule has 174 valence electrons. The number of benzene rings is 2. The van der Waals surface area contributed by atoms with Crippen molar-refractivity contribution in [3.05, 3.63) is 68.2 Å². The fourth-order valence-corrected chi connectivity index (χ4v) is 6.29. The molecule has 0 bridgehead atoms. The van der Waals surface area contributed by atoms with Gasteiger partial charge in [0.25, 0.3) is 10.0 Å². The highest BCUT2D eigenvalue weighted by Gasteiger charge is 2.21. The number of anilines is 1. The van der Waals surface area contributed by atoms with Crippen molar-refractivity contribution in [3.8, 4) is 5.75 Å². The van der Waals surface area contributed by atoms with Crippen molar-refractivity contribution >= 4 is 78.2 Å². The Morgan fingerprint density at radius 3 is 2.70 bits per heavy atom. The summed E-state index contributed by atoms with van der Waals surface area (Å²) < 4.78 is 34.9. The number of halogens is 4. The predicted molar refractivity (Wildman–Crippen MR) is 137 cm³/mol. The molecular weight excluding hydrogens is 593 g/mol. The molecule has 3 aromatic rings. The maximum atomic E-state index is 13.0. The van der Waals surface area contributed by atoms with Gasteiger partial charge in [0.05, 0.1) is 25.2 Å². The van der Waals surface area contributed by atoms with Gasteiger partial charge in [-0.2, -0.15) is 0 Å². The Hall–Kier alpha value is -1.20. The number of pyridine rings is 1. The third kappa shape index (κ3) is 6.08. The molecule has 1 aliphatic heterocycles. The quantitative estimate of drug-likeness (QED) is 0.319. The minimum absolute atomic E-state index is 0.00618. The van der Waals surface area contributed by atoms with Crippen molar-refractivity contribution in [1.29, 1.82) is 0 Å². The third-order valence-electron chi connectivity index (χ3n) is 4.71. The largest absolute Gasteiger partial charge is 0.487 e. The fourth-order valence-electron chi connectivity index (χ4n) is 3.08. The second-order valence-corrected chi connectivity index (χ2v) is 11.9. The summed E-state index contributed by atoms with van der Waals surface area (Å²) in [5.41, 5.74) is 0.334. The molecular formula is C21H17BrCl3N3O3S2. The van der Waals surface area contributed by atoms with E-state index in [9.17, 15) is 8.42 Å². The van der Waals surface area contributed by atoms with E-state index >= 15 is 0 Å². The molecule has 1 aliphatic rings. The van der Waals surface area contributed by atoms with Crippen molar-refractivity contribution in [2.24, 2.45) is 0 Å². The van der Waals surface area contributed by atoms with Crippen molar-refractivity contribution in [3.63, 3.8) is 0 Å². The zero-order chi connectivity index (χ0) is 23.6. The molecule has 1 fully saturated rings. The van der Waals surface area contributed by atoms with Gasteiger partial charge in [0.15, 0.2) is 0 Å². The number of nitrogens with zero attached hydrogens (tertiary/aromatic N) is 1. The van der Waals surface area contributed by atoms with Gasteiger partial charge in [-0.05, 0) is 59.2 Å². The number of hydrogen-bond donors (Lipinski definition) is 2. The number of ether oxygens (including phenoxy) is 1. The number of aromatic nitrogens is 1. The Labute approximate surface area is 219 Å². The molecule has 2 N–H and O–H groups in total. The molecule has 0 aliphatic carbocycles. The molecule has 6 nitrogen and oxygen atoms in total. The minimum atomic E-state index is -3.91. The SMILES string of the molecule is O=S(=O)(Nc1ccc(Cl)c(OC2CCNC2)c1)c1cnc(Sc2cccc(Cl)c2Cl)c(Br)c1. The molecule has 12 heteroatoms. The van der Waals surface area contributed by atoms with Crippen LogP contribution in [0.3, 0.4) is 0 Å². The molecule has 2 heterocycles. The number of nitrogens with one attached hydrogen (secondary N) is 2. The second-order valence-electron chi connectivity index (χ2n) is 7.10. The summed E-state index contributed by atoms with van der Waals surface area (Å²) in [5, 5.41) is 5.00. The summed E-state index contributed by atoms with van der Waals surface area (Å²) in [4.78, 5) is 4.99. The third-order valence-corrected chi connectivity index (χ3v) is 9.24. The lowest BCUT2D eigenvalue weighted by molar-refractivity contribution is 0.223. The zero-order valence-corrected chi connectivity index (χ0v) is 22.3. The van der Waals surface area contributed by atoms with E-state index in [1.165, 1.54) is 24.0 Å². The number of hydrogen-bond acceptors (Lipinski definition) is 6. The lowest BCUT2D eigenvalue weighted by atomic mass is 10.3. The molecule has 2 aromatic carbocycles. The van der Waals surface area contributed by atoms with Crippen molar-refractivity contribution < 1.29 is 13.2 Å². The summed E-state index contributed by atoms with van der Waals surface area (Å²) >= 11 is 23.2. The maximum absolute atomic E-state index is 13.0. The smallest absolute Gasteiger partial charge is 0.263 e. The van der Waals surface area contributed by atoms with Gasteiger partial charge >= 0.3 is 0 Å². The Kier molecular flexibility index (Phi) is 8.00. The maximum Gasteiger partial charge on any atom is 0.263 e.